The van der Waals surface area contributed by atoms with Gasteiger partial charge in [-0.1, -0.05) is 22.9 Å². The zero-order valence-corrected chi connectivity index (χ0v) is 19.2. The Morgan fingerprint density at radius 1 is 1.06 bits per heavy atom. The van der Waals surface area contributed by atoms with Gasteiger partial charge in [-0.25, -0.2) is 13.2 Å². The highest BCUT2D eigenvalue weighted by Crippen LogP contribution is 2.18. The van der Waals surface area contributed by atoms with Crippen molar-refractivity contribution in [1.82, 2.24) is 15.1 Å². The molecule has 9 nitrogen and oxygen atoms in total. The van der Waals surface area contributed by atoms with Crippen LogP contribution in [0.1, 0.15) is 28.2 Å². The van der Waals surface area contributed by atoms with Gasteiger partial charge in [0.1, 0.15) is 0 Å². The van der Waals surface area contributed by atoms with Crippen LogP contribution in [0.4, 0.5) is 5.69 Å². The van der Waals surface area contributed by atoms with Crippen LogP contribution < -0.4 is 4.72 Å². The van der Waals surface area contributed by atoms with Crippen molar-refractivity contribution in [2.75, 3.05) is 11.3 Å². The van der Waals surface area contributed by atoms with Gasteiger partial charge in [0, 0.05) is 30.1 Å². The maximum atomic E-state index is 12.6. The van der Waals surface area contributed by atoms with Crippen molar-refractivity contribution in [1.29, 1.82) is 0 Å². The first-order valence-electron chi connectivity index (χ1n) is 10.5. The van der Waals surface area contributed by atoms with Gasteiger partial charge in [0.2, 0.25) is 11.7 Å². The topological polar surface area (TPSA) is 124 Å². The molecule has 0 saturated heterocycles. The van der Waals surface area contributed by atoms with Crippen molar-refractivity contribution in [2.24, 2.45) is 0 Å². The summed E-state index contributed by atoms with van der Waals surface area (Å²) < 4.78 is 38.1. The predicted octanol–water partition coefficient (Wildman–Crippen LogP) is 4.03. The molecule has 0 bridgehead atoms. The van der Waals surface area contributed by atoms with E-state index < -0.39 is 16.0 Å². The largest absolute Gasteiger partial charge is 0.462 e. The number of nitrogens with zero attached hydrogens (tertiary/aromatic N) is 3. The van der Waals surface area contributed by atoms with Gasteiger partial charge >= 0.3 is 5.97 Å². The van der Waals surface area contributed by atoms with E-state index in [4.69, 9.17) is 9.26 Å². The quantitative estimate of drug-likeness (QED) is 0.282. The summed E-state index contributed by atoms with van der Waals surface area (Å²) in [5, 5.41) is 3.92. The Bertz CT molecular complexity index is 1350. The molecule has 0 aliphatic heterocycles. The molecule has 2 aromatic heterocycles. The van der Waals surface area contributed by atoms with Crippen LogP contribution in [0.5, 0.6) is 0 Å². The summed E-state index contributed by atoms with van der Waals surface area (Å²) in [6.45, 7) is 2.07. The first kappa shape index (κ1) is 23.1. The van der Waals surface area contributed by atoms with Crippen LogP contribution >= 0.6 is 0 Å². The van der Waals surface area contributed by atoms with E-state index in [0.29, 0.717) is 30.2 Å². The molecule has 0 spiro atoms. The molecule has 174 valence electrons. The van der Waals surface area contributed by atoms with Crippen LogP contribution in [0.3, 0.4) is 0 Å². The number of hydrogen-bond donors (Lipinski definition) is 1. The third kappa shape index (κ3) is 5.84. The van der Waals surface area contributed by atoms with Crippen LogP contribution in [0.2, 0.25) is 0 Å². The minimum atomic E-state index is -3.77. The van der Waals surface area contributed by atoms with Crippen molar-refractivity contribution < 1.29 is 22.5 Å². The fourth-order valence-electron chi connectivity index (χ4n) is 3.05. The zero-order valence-electron chi connectivity index (χ0n) is 18.3. The molecule has 4 rings (SSSR count). The molecule has 34 heavy (non-hydrogen) atoms. The average Bonchev–Trinajstić information content (AvgIpc) is 3.33. The van der Waals surface area contributed by atoms with Crippen LogP contribution in [0, 0.1) is 6.92 Å². The molecule has 4 aromatic rings. The first-order valence-corrected chi connectivity index (χ1v) is 12.0. The molecule has 2 aromatic carbocycles. The van der Waals surface area contributed by atoms with Gasteiger partial charge in [0.25, 0.3) is 10.0 Å². The Labute approximate surface area is 196 Å². The molecule has 0 aliphatic rings. The van der Waals surface area contributed by atoms with Crippen molar-refractivity contribution >= 4 is 21.7 Å². The Kier molecular flexibility index (Phi) is 6.98. The van der Waals surface area contributed by atoms with E-state index >= 15 is 0 Å². The number of carbonyl (C=O) groups excluding carboxylic acids is 1. The molecular formula is C24H22N4O5S. The number of esters is 1. The molecule has 0 saturated carbocycles. The maximum absolute atomic E-state index is 12.6. The highest BCUT2D eigenvalue weighted by Gasteiger charge is 2.16. The normalized spacial score (nSPS) is 11.2. The van der Waals surface area contributed by atoms with Crippen molar-refractivity contribution in [3.63, 3.8) is 0 Å². The highest BCUT2D eigenvalue weighted by atomic mass is 32.2. The summed E-state index contributed by atoms with van der Waals surface area (Å²) in [5.74, 6) is 0.342. The molecule has 0 atom stereocenters. The summed E-state index contributed by atoms with van der Waals surface area (Å²) in [4.78, 5) is 20.6. The Morgan fingerprint density at radius 3 is 2.53 bits per heavy atom. The Morgan fingerprint density at radius 2 is 1.82 bits per heavy atom. The van der Waals surface area contributed by atoms with Crippen LogP contribution in [-0.4, -0.2) is 36.1 Å². The van der Waals surface area contributed by atoms with Gasteiger partial charge in [0.05, 0.1) is 17.1 Å². The lowest BCUT2D eigenvalue weighted by molar-refractivity contribution is 0.0498. The van der Waals surface area contributed by atoms with Crippen LogP contribution in [-0.2, 0) is 21.2 Å². The minimum absolute atomic E-state index is 0.0467. The molecule has 1 N–H and O–H groups in total. The summed E-state index contributed by atoms with van der Waals surface area (Å²) >= 11 is 0. The Hall–Kier alpha value is -4.05. The van der Waals surface area contributed by atoms with E-state index in [9.17, 15) is 13.2 Å². The molecule has 0 amide bonds. The summed E-state index contributed by atoms with van der Waals surface area (Å²) in [6.07, 6.45) is 4.24. The molecular weight excluding hydrogens is 456 g/mol. The SMILES string of the molecule is Cc1ccc(NS(=O)(=O)c2ccc(C(=O)OCCCc3nc(-c4cccnc4)no3)cc2)cc1. The average molecular weight is 479 g/mol. The minimum Gasteiger partial charge on any atom is -0.462 e. The van der Waals surface area contributed by atoms with E-state index in [-0.39, 0.29) is 17.1 Å². The lowest BCUT2D eigenvalue weighted by atomic mass is 10.2. The third-order valence-electron chi connectivity index (χ3n) is 4.86. The lowest BCUT2D eigenvalue weighted by Crippen LogP contribution is -2.13. The van der Waals surface area contributed by atoms with Gasteiger partial charge in [-0.3, -0.25) is 9.71 Å². The molecule has 0 radical (unpaired) electrons. The van der Waals surface area contributed by atoms with Gasteiger partial charge in [-0.2, -0.15) is 4.98 Å². The second-order valence-electron chi connectivity index (χ2n) is 7.49. The summed E-state index contributed by atoms with van der Waals surface area (Å²) in [6, 6.07) is 16.2. The second-order valence-corrected chi connectivity index (χ2v) is 9.17. The van der Waals surface area contributed by atoms with E-state index in [1.165, 1.54) is 24.3 Å². The smallest absolute Gasteiger partial charge is 0.338 e. The van der Waals surface area contributed by atoms with Gasteiger partial charge < -0.3 is 9.26 Å². The zero-order chi connectivity index (χ0) is 24.0. The fourth-order valence-corrected chi connectivity index (χ4v) is 4.10. The van der Waals surface area contributed by atoms with Gasteiger partial charge in [0.15, 0.2) is 0 Å². The number of carbonyl (C=O) groups is 1. The number of aryl methyl sites for hydroxylation is 2. The van der Waals surface area contributed by atoms with E-state index in [2.05, 4.69) is 19.8 Å². The fraction of sp³-hybridized carbons (Fsp3) is 0.167. The van der Waals surface area contributed by atoms with E-state index in [1.54, 1.807) is 30.6 Å². The number of anilines is 1. The van der Waals surface area contributed by atoms with Gasteiger partial charge in [-0.05, 0) is 61.9 Å². The lowest BCUT2D eigenvalue weighted by Gasteiger charge is -2.09. The highest BCUT2D eigenvalue weighted by molar-refractivity contribution is 7.92. The van der Waals surface area contributed by atoms with Crippen molar-refractivity contribution in [2.45, 2.75) is 24.7 Å². The predicted molar refractivity (Wildman–Crippen MR) is 125 cm³/mol. The standard InChI is InChI=1S/C24H22N4O5S/c1-17-6-10-20(11-7-17)28-34(30,31)21-12-8-18(9-13-21)24(29)32-15-3-5-22-26-23(27-33-22)19-4-2-14-25-16-19/h2,4,6-14,16,28H,3,5,15H2,1H3. The number of hydrogen-bond acceptors (Lipinski definition) is 8. The van der Waals surface area contributed by atoms with Gasteiger partial charge in [-0.15, -0.1) is 0 Å². The monoisotopic (exact) mass is 478 g/mol. The molecule has 0 fully saturated rings. The van der Waals surface area contributed by atoms with Crippen molar-refractivity contribution in [3.05, 3.63) is 90.1 Å². The number of nitrogens with one attached hydrogen (secondary N) is 1. The number of pyridine rings is 1. The number of aromatic nitrogens is 3. The molecule has 2 heterocycles. The first-order chi connectivity index (χ1) is 16.4. The summed E-state index contributed by atoms with van der Waals surface area (Å²) in [5.41, 5.74) is 2.50. The molecule has 0 aliphatic carbocycles. The Balaban J connectivity index is 1.27. The van der Waals surface area contributed by atoms with Crippen LogP contribution in [0.15, 0.2) is 82.5 Å². The third-order valence-corrected chi connectivity index (χ3v) is 6.26. The second kappa shape index (κ2) is 10.3. The maximum Gasteiger partial charge on any atom is 0.338 e. The molecule has 10 heteroatoms. The summed E-state index contributed by atoms with van der Waals surface area (Å²) in [7, 11) is -3.77. The number of rotatable bonds is 9. The van der Waals surface area contributed by atoms with Crippen molar-refractivity contribution in [3.8, 4) is 11.4 Å². The number of ether oxygens (including phenoxy) is 1. The molecule has 0 unspecified atom stereocenters. The van der Waals surface area contributed by atoms with E-state index in [0.717, 1.165) is 11.1 Å². The number of benzene rings is 2. The van der Waals surface area contributed by atoms with E-state index in [1.807, 2.05) is 25.1 Å². The van der Waals surface area contributed by atoms with Crippen LogP contribution in [0.25, 0.3) is 11.4 Å². The number of sulfonamides is 1.